The first-order valence-electron chi connectivity index (χ1n) is 10.7. The molecule has 0 N–H and O–H groups in total. The highest BCUT2D eigenvalue weighted by Gasteiger charge is 2.50. The van der Waals surface area contributed by atoms with Gasteiger partial charge >= 0.3 is 0 Å². The second kappa shape index (κ2) is 6.64. The van der Waals surface area contributed by atoms with E-state index in [0.717, 1.165) is 69.4 Å². The van der Waals surface area contributed by atoms with Crippen LogP contribution in [0.2, 0.25) is 0 Å². The van der Waals surface area contributed by atoms with E-state index in [0.29, 0.717) is 24.7 Å². The van der Waals surface area contributed by atoms with Gasteiger partial charge in [0.15, 0.2) is 5.69 Å². The zero-order valence-electron chi connectivity index (χ0n) is 16.0. The minimum Gasteiger partial charge on any atom is -0.360 e. The summed E-state index contributed by atoms with van der Waals surface area (Å²) in [6.07, 6.45) is 10.5. The van der Waals surface area contributed by atoms with E-state index in [2.05, 4.69) is 10.1 Å². The molecule has 1 atom stereocenters. The van der Waals surface area contributed by atoms with E-state index in [-0.39, 0.29) is 17.2 Å². The molecule has 1 spiro atoms. The molecular weight excluding hydrogens is 342 g/mol. The van der Waals surface area contributed by atoms with Crippen LogP contribution in [0.4, 0.5) is 0 Å². The molecule has 2 amide bonds. The zero-order valence-corrected chi connectivity index (χ0v) is 16.0. The van der Waals surface area contributed by atoms with Crippen LogP contribution in [0.3, 0.4) is 0 Å². The van der Waals surface area contributed by atoms with Crippen molar-refractivity contribution in [2.75, 3.05) is 26.2 Å². The maximum absolute atomic E-state index is 13.3. The summed E-state index contributed by atoms with van der Waals surface area (Å²) in [7, 11) is 0. The second-order valence-corrected chi connectivity index (χ2v) is 9.05. The predicted octanol–water partition coefficient (Wildman–Crippen LogP) is 2.81. The van der Waals surface area contributed by atoms with Gasteiger partial charge in [0.1, 0.15) is 5.76 Å². The summed E-state index contributed by atoms with van der Waals surface area (Å²) in [6, 6.07) is 0. The Morgan fingerprint density at radius 1 is 1.11 bits per heavy atom. The average Bonchev–Trinajstić information content (AvgIpc) is 3.26. The van der Waals surface area contributed by atoms with Gasteiger partial charge in [-0.2, -0.15) is 0 Å². The van der Waals surface area contributed by atoms with Gasteiger partial charge in [0.2, 0.25) is 5.91 Å². The molecule has 1 unspecified atom stereocenters. The fourth-order valence-corrected chi connectivity index (χ4v) is 5.44. The third-order valence-corrected chi connectivity index (χ3v) is 7.32. The quantitative estimate of drug-likeness (QED) is 0.819. The number of aryl methyl sites for hydroxylation is 1. The highest BCUT2D eigenvalue weighted by Crippen LogP contribution is 2.42. The SMILES string of the molecule is O=C(c1noc2c1CCCC2)N1CCC2(CCCN(CC3CCC3)C2=O)C1. The molecule has 5 rings (SSSR count). The third kappa shape index (κ3) is 2.88. The number of fused-ring (bicyclic) bond motifs is 1. The molecule has 2 aliphatic heterocycles. The summed E-state index contributed by atoms with van der Waals surface area (Å²) in [6.45, 7) is 3.02. The van der Waals surface area contributed by atoms with Crippen molar-refractivity contribution < 1.29 is 14.1 Å². The number of rotatable bonds is 3. The van der Waals surface area contributed by atoms with Gasteiger partial charge in [-0.25, -0.2) is 0 Å². The first-order valence-corrected chi connectivity index (χ1v) is 10.7. The fraction of sp³-hybridized carbons (Fsp3) is 0.762. The first kappa shape index (κ1) is 17.3. The van der Waals surface area contributed by atoms with E-state index in [1.54, 1.807) is 0 Å². The molecule has 6 heteroatoms. The number of likely N-dealkylation sites (tertiary alicyclic amines) is 2. The Labute approximate surface area is 160 Å². The molecule has 27 heavy (non-hydrogen) atoms. The van der Waals surface area contributed by atoms with Gasteiger partial charge in [0.05, 0.1) is 5.41 Å². The molecule has 4 aliphatic rings. The summed E-state index contributed by atoms with van der Waals surface area (Å²) in [5.74, 6) is 1.84. The second-order valence-electron chi connectivity index (χ2n) is 9.05. The van der Waals surface area contributed by atoms with Crippen LogP contribution in [0.15, 0.2) is 4.52 Å². The maximum Gasteiger partial charge on any atom is 0.276 e. The van der Waals surface area contributed by atoms with E-state index in [1.165, 1.54) is 19.3 Å². The van der Waals surface area contributed by atoms with Gasteiger partial charge in [0.25, 0.3) is 5.91 Å². The fourth-order valence-electron chi connectivity index (χ4n) is 5.44. The number of piperidine rings is 1. The highest BCUT2D eigenvalue weighted by atomic mass is 16.5. The number of aromatic nitrogens is 1. The van der Waals surface area contributed by atoms with Gasteiger partial charge in [-0.1, -0.05) is 11.6 Å². The number of nitrogens with zero attached hydrogens (tertiary/aromatic N) is 3. The molecule has 3 heterocycles. The minimum absolute atomic E-state index is 0.0392. The minimum atomic E-state index is -0.360. The molecular formula is C21H29N3O3. The van der Waals surface area contributed by atoms with E-state index in [9.17, 15) is 9.59 Å². The Bertz CT molecular complexity index is 754. The Hall–Kier alpha value is -1.85. The summed E-state index contributed by atoms with van der Waals surface area (Å²) < 4.78 is 5.43. The monoisotopic (exact) mass is 371 g/mol. The smallest absolute Gasteiger partial charge is 0.276 e. The van der Waals surface area contributed by atoms with Crippen molar-refractivity contribution in [2.45, 2.75) is 64.2 Å². The number of hydrogen-bond donors (Lipinski definition) is 0. The van der Waals surface area contributed by atoms with Crippen molar-refractivity contribution in [3.05, 3.63) is 17.0 Å². The normalized spacial score (nSPS) is 28.5. The lowest BCUT2D eigenvalue weighted by Gasteiger charge is -2.42. The Morgan fingerprint density at radius 2 is 1.96 bits per heavy atom. The molecule has 0 bridgehead atoms. The molecule has 2 aliphatic carbocycles. The topological polar surface area (TPSA) is 66.7 Å². The van der Waals surface area contributed by atoms with Gasteiger partial charge < -0.3 is 14.3 Å². The number of amides is 2. The van der Waals surface area contributed by atoms with Crippen molar-refractivity contribution >= 4 is 11.8 Å². The Kier molecular flexibility index (Phi) is 4.25. The van der Waals surface area contributed by atoms with E-state index in [4.69, 9.17) is 4.52 Å². The number of hydrogen-bond acceptors (Lipinski definition) is 4. The van der Waals surface area contributed by atoms with Crippen molar-refractivity contribution in [1.29, 1.82) is 0 Å². The molecule has 146 valence electrons. The van der Waals surface area contributed by atoms with Crippen LogP contribution < -0.4 is 0 Å². The summed E-state index contributed by atoms with van der Waals surface area (Å²) in [5.41, 5.74) is 1.15. The summed E-state index contributed by atoms with van der Waals surface area (Å²) in [4.78, 5) is 30.3. The van der Waals surface area contributed by atoms with Crippen LogP contribution in [0, 0.1) is 11.3 Å². The van der Waals surface area contributed by atoms with E-state index in [1.807, 2.05) is 4.90 Å². The lowest BCUT2D eigenvalue weighted by molar-refractivity contribution is -0.146. The molecule has 3 fully saturated rings. The van der Waals surface area contributed by atoms with Crippen LogP contribution in [0.5, 0.6) is 0 Å². The van der Waals surface area contributed by atoms with Crippen molar-refractivity contribution in [2.24, 2.45) is 11.3 Å². The lowest BCUT2D eigenvalue weighted by Crippen LogP contribution is -2.52. The van der Waals surface area contributed by atoms with Crippen molar-refractivity contribution in [3.8, 4) is 0 Å². The van der Waals surface area contributed by atoms with Gasteiger partial charge in [0, 0.05) is 38.2 Å². The number of carbonyl (C=O) groups excluding carboxylic acids is 2. The van der Waals surface area contributed by atoms with Gasteiger partial charge in [-0.15, -0.1) is 0 Å². The van der Waals surface area contributed by atoms with Crippen LogP contribution in [0.25, 0.3) is 0 Å². The largest absolute Gasteiger partial charge is 0.360 e. The standard InChI is InChI=1S/C21H29N3O3/c25-19(18-16-7-1-2-8-17(16)27-22-18)24-12-10-21(14-24)9-4-11-23(20(21)26)13-15-5-3-6-15/h15H,1-14H2. The van der Waals surface area contributed by atoms with Crippen LogP contribution >= 0.6 is 0 Å². The third-order valence-electron chi connectivity index (χ3n) is 7.32. The van der Waals surface area contributed by atoms with Crippen molar-refractivity contribution in [1.82, 2.24) is 15.0 Å². The molecule has 1 aromatic rings. The zero-order chi connectivity index (χ0) is 18.4. The molecule has 0 radical (unpaired) electrons. The van der Waals surface area contributed by atoms with E-state index >= 15 is 0 Å². The molecule has 1 saturated carbocycles. The first-order chi connectivity index (χ1) is 13.2. The summed E-state index contributed by atoms with van der Waals surface area (Å²) in [5, 5.41) is 4.11. The average molecular weight is 371 g/mol. The molecule has 2 saturated heterocycles. The Balaban J connectivity index is 1.30. The van der Waals surface area contributed by atoms with Crippen LogP contribution in [0.1, 0.15) is 73.2 Å². The van der Waals surface area contributed by atoms with Crippen LogP contribution in [-0.2, 0) is 17.6 Å². The molecule has 6 nitrogen and oxygen atoms in total. The van der Waals surface area contributed by atoms with Gasteiger partial charge in [-0.3, -0.25) is 9.59 Å². The maximum atomic E-state index is 13.3. The molecule has 0 aromatic carbocycles. The predicted molar refractivity (Wildman–Crippen MR) is 99.3 cm³/mol. The molecule has 1 aromatic heterocycles. The van der Waals surface area contributed by atoms with Crippen LogP contribution in [-0.4, -0.2) is 52.9 Å². The lowest BCUT2D eigenvalue weighted by atomic mass is 9.77. The highest BCUT2D eigenvalue weighted by molar-refractivity contribution is 5.95. The van der Waals surface area contributed by atoms with Gasteiger partial charge in [-0.05, 0) is 57.3 Å². The Morgan fingerprint density at radius 3 is 2.78 bits per heavy atom. The van der Waals surface area contributed by atoms with E-state index < -0.39 is 0 Å². The number of carbonyl (C=O) groups is 2. The van der Waals surface area contributed by atoms with Crippen molar-refractivity contribution in [3.63, 3.8) is 0 Å². The summed E-state index contributed by atoms with van der Waals surface area (Å²) >= 11 is 0.